The van der Waals surface area contributed by atoms with Crippen LogP contribution >= 0.6 is 23.1 Å². The maximum absolute atomic E-state index is 12.5. The summed E-state index contributed by atoms with van der Waals surface area (Å²) in [5, 5.41) is 22.4. The number of anilines is 1. The van der Waals surface area contributed by atoms with Crippen LogP contribution in [-0.2, 0) is 11.3 Å². The molecular formula is C24H32N6O2S2. The number of amides is 1. The summed E-state index contributed by atoms with van der Waals surface area (Å²) in [6.45, 7) is 8.79. The van der Waals surface area contributed by atoms with Crippen molar-refractivity contribution in [2.24, 2.45) is 0 Å². The fraction of sp³-hybridized carbons (Fsp3) is 0.542. The highest BCUT2D eigenvalue weighted by molar-refractivity contribution is 7.99. The topological polar surface area (TPSA) is 94.8 Å². The van der Waals surface area contributed by atoms with E-state index >= 15 is 0 Å². The van der Waals surface area contributed by atoms with E-state index in [1.165, 1.54) is 60.8 Å². The number of hydrogen-bond donors (Lipinski definition) is 1. The summed E-state index contributed by atoms with van der Waals surface area (Å²) in [6, 6.07) is 6.12. The van der Waals surface area contributed by atoms with Gasteiger partial charge in [0.15, 0.2) is 17.1 Å². The molecule has 2 heterocycles. The third-order valence-electron chi connectivity index (χ3n) is 6.03. The van der Waals surface area contributed by atoms with Crippen molar-refractivity contribution in [2.45, 2.75) is 83.5 Å². The van der Waals surface area contributed by atoms with Crippen LogP contribution in [0.5, 0.6) is 5.75 Å². The maximum atomic E-state index is 12.5. The SMILES string of the molecule is CCn1c(SCC(=O)Nc2nnc(C3CCCCC3)s2)nnc1C(C)Oc1ccc(C)cc1C. The van der Waals surface area contributed by atoms with Gasteiger partial charge in [-0.2, -0.15) is 0 Å². The monoisotopic (exact) mass is 500 g/mol. The molecule has 10 heteroatoms. The largest absolute Gasteiger partial charge is 0.482 e. The minimum absolute atomic E-state index is 0.122. The molecule has 34 heavy (non-hydrogen) atoms. The molecule has 0 radical (unpaired) electrons. The lowest BCUT2D eigenvalue weighted by atomic mass is 9.90. The summed E-state index contributed by atoms with van der Waals surface area (Å²) >= 11 is 2.86. The van der Waals surface area contributed by atoms with Crippen molar-refractivity contribution in [2.75, 3.05) is 11.1 Å². The lowest BCUT2D eigenvalue weighted by molar-refractivity contribution is -0.113. The van der Waals surface area contributed by atoms with Crippen LogP contribution in [0.3, 0.4) is 0 Å². The van der Waals surface area contributed by atoms with Crippen LogP contribution in [0.15, 0.2) is 23.4 Å². The van der Waals surface area contributed by atoms with Gasteiger partial charge in [0, 0.05) is 12.5 Å². The van der Waals surface area contributed by atoms with Gasteiger partial charge in [0.05, 0.1) is 5.75 Å². The summed E-state index contributed by atoms with van der Waals surface area (Å²) in [5.74, 6) is 2.17. The fourth-order valence-electron chi connectivity index (χ4n) is 4.26. The first-order valence-corrected chi connectivity index (χ1v) is 13.7. The number of aromatic nitrogens is 5. The molecule has 1 aromatic carbocycles. The Bertz CT molecular complexity index is 1120. The van der Waals surface area contributed by atoms with Crippen molar-refractivity contribution in [3.05, 3.63) is 40.2 Å². The molecule has 1 N–H and O–H groups in total. The lowest BCUT2D eigenvalue weighted by Crippen LogP contribution is -2.15. The van der Waals surface area contributed by atoms with E-state index < -0.39 is 0 Å². The normalized spacial score (nSPS) is 15.3. The van der Waals surface area contributed by atoms with Gasteiger partial charge in [-0.3, -0.25) is 10.1 Å². The minimum Gasteiger partial charge on any atom is -0.482 e. The average molecular weight is 501 g/mol. The Kier molecular flexibility index (Phi) is 8.20. The summed E-state index contributed by atoms with van der Waals surface area (Å²) in [7, 11) is 0. The average Bonchev–Trinajstić information content (AvgIpc) is 3.47. The summed E-state index contributed by atoms with van der Waals surface area (Å²) in [6.07, 6.45) is 5.86. The second kappa shape index (κ2) is 11.3. The Morgan fingerprint density at radius 3 is 2.74 bits per heavy atom. The standard InChI is InChI=1S/C24H32N6O2S2/c1-5-30-21(17(4)32-19-12-11-15(2)13-16(19)3)26-29-24(30)33-14-20(31)25-23-28-27-22(34-23)18-9-7-6-8-10-18/h11-13,17-18H,5-10,14H2,1-4H3,(H,25,28,31). The van der Waals surface area contributed by atoms with E-state index in [1.807, 2.05) is 37.5 Å². The second-order valence-corrected chi connectivity index (χ2v) is 10.7. The molecule has 1 amide bonds. The molecule has 1 aliphatic carbocycles. The third kappa shape index (κ3) is 5.96. The van der Waals surface area contributed by atoms with E-state index in [1.54, 1.807) is 0 Å². The van der Waals surface area contributed by atoms with Crippen molar-refractivity contribution in [1.82, 2.24) is 25.0 Å². The Labute approximate surface area is 208 Å². The van der Waals surface area contributed by atoms with Gasteiger partial charge >= 0.3 is 0 Å². The summed E-state index contributed by atoms with van der Waals surface area (Å²) < 4.78 is 8.17. The van der Waals surface area contributed by atoms with Gasteiger partial charge in [0.2, 0.25) is 11.0 Å². The Balaban J connectivity index is 1.34. The number of carbonyl (C=O) groups excluding carboxylic acids is 1. The van der Waals surface area contributed by atoms with Gasteiger partial charge in [0.1, 0.15) is 10.8 Å². The fourth-order valence-corrected chi connectivity index (χ4v) is 6.00. The van der Waals surface area contributed by atoms with Gasteiger partial charge in [-0.25, -0.2) is 0 Å². The van der Waals surface area contributed by atoms with E-state index in [-0.39, 0.29) is 17.8 Å². The zero-order chi connectivity index (χ0) is 24.1. The molecule has 2 aromatic heterocycles. The number of carbonyl (C=O) groups is 1. The Hall–Kier alpha value is -2.46. The smallest absolute Gasteiger partial charge is 0.236 e. The predicted molar refractivity (Wildman–Crippen MR) is 136 cm³/mol. The van der Waals surface area contributed by atoms with Crippen LogP contribution in [0.4, 0.5) is 5.13 Å². The summed E-state index contributed by atoms with van der Waals surface area (Å²) in [4.78, 5) is 12.5. The molecule has 4 rings (SSSR count). The number of ether oxygens (including phenoxy) is 1. The first-order chi connectivity index (χ1) is 16.4. The van der Waals surface area contributed by atoms with Crippen molar-refractivity contribution in [1.29, 1.82) is 0 Å². The van der Waals surface area contributed by atoms with Gasteiger partial charge in [-0.05, 0) is 52.2 Å². The number of hydrogen-bond acceptors (Lipinski definition) is 8. The van der Waals surface area contributed by atoms with Crippen molar-refractivity contribution in [3.8, 4) is 5.75 Å². The molecular weight excluding hydrogens is 468 g/mol. The first kappa shape index (κ1) is 24.7. The third-order valence-corrected chi connectivity index (χ3v) is 8.00. The first-order valence-electron chi connectivity index (χ1n) is 11.9. The van der Waals surface area contributed by atoms with Gasteiger partial charge in [-0.15, -0.1) is 20.4 Å². The number of nitrogens with one attached hydrogen (secondary N) is 1. The molecule has 0 aliphatic heterocycles. The number of thioether (sulfide) groups is 1. The molecule has 1 aliphatic rings. The molecule has 1 saturated carbocycles. The molecule has 0 saturated heterocycles. The van der Waals surface area contributed by atoms with Gasteiger partial charge < -0.3 is 9.30 Å². The van der Waals surface area contributed by atoms with E-state index in [2.05, 4.69) is 38.7 Å². The van der Waals surface area contributed by atoms with Crippen LogP contribution < -0.4 is 10.1 Å². The van der Waals surface area contributed by atoms with Crippen molar-refractivity contribution < 1.29 is 9.53 Å². The highest BCUT2D eigenvalue weighted by Gasteiger charge is 2.22. The van der Waals surface area contributed by atoms with Crippen molar-refractivity contribution in [3.63, 3.8) is 0 Å². The van der Waals surface area contributed by atoms with E-state index in [4.69, 9.17) is 4.74 Å². The Morgan fingerprint density at radius 2 is 2.00 bits per heavy atom. The molecule has 1 unspecified atom stereocenters. The molecule has 1 fully saturated rings. The van der Waals surface area contributed by atoms with Crippen LogP contribution in [0.1, 0.15) is 79.9 Å². The quantitative estimate of drug-likeness (QED) is 0.377. The highest BCUT2D eigenvalue weighted by atomic mass is 32.2. The lowest BCUT2D eigenvalue weighted by Gasteiger charge is -2.18. The van der Waals surface area contributed by atoms with E-state index in [0.717, 1.165) is 22.1 Å². The molecule has 1 atom stereocenters. The maximum Gasteiger partial charge on any atom is 0.236 e. The number of nitrogens with zero attached hydrogens (tertiary/aromatic N) is 5. The number of aryl methyl sites for hydroxylation is 2. The van der Waals surface area contributed by atoms with Crippen molar-refractivity contribution >= 4 is 34.1 Å². The molecule has 8 nitrogen and oxygen atoms in total. The molecule has 182 valence electrons. The van der Waals surface area contributed by atoms with Gasteiger partial charge in [0.25, 0.3) is 0 Å². The Morgan fingerprint density at radius 1 is 1.21 bits per heavy atom. The predicted octanol–water partition coefficient (Wildman–Crippen LogP) is 5.68. The van der Waals surface area contributed by atoms with E-state index in [0.29, 0.717) is 22.8 Å². The van der Waals surface area contributed by atoms with Crippen LogP contribution in [0, 0.1) is 13.8 Å². The number of rotatable bonds is 9. The van der Waals surface area contributed by atoms with Gasteiger partial charge in [-0.1, -0.05) is 60.1 Å². The zero-order valence-electron chi connectivity index (χ0n) is 20.2. The van der Waals surface area contributed by atoms with Crippen LogP contribution in [0.25, 0.3) is 0 Å². The van der Waals surface area contributed by atoms with E-state index in [9.17, 15) is 4.79 Å². The summed E-state index contributed by atoms with van der Waals surface area (Å²) in [5.41, 5.74) is 2.29. The molecule has 3 aromatic rings. The number of benzene rings is 1. The minimum atomic E-state index is -0.267. The van der Waals surface area contributed by atoms with Crippen LogP contribution in [0.2, 0.25) is 0 Å². The van der Waals surface area contributed by atoms with Crippen LogP contribution in [-0.4, -0.2) is 36.6 Å². The molecule has 0 bridgehead atoms. The second-order valence-electron chi connectivity index (χ2n) is 8.73. The molecule has 0 spiro atoms. The highest BCUT2D eigenvalue weighted by Crippen LogP contribution is 2.35. The zero-order valence-corrected chi connectivity index (χ0v) is 21.8.